The predicted octanol–water partition coefficient (Wildman–Crippen LogP) is 3.75. The zero-order chi connectivity index (χ0) is 19.3. The monoisotopic (exact) mass is 382 g/mol. The van der Waals surface area contributed by atoms with Gasteiger partial charge in [-0.25, -0.2) is 4.39 Å². The van der Waals surface area contributed by atoms with Crippen LogP contribution in [0.3, 0.4) is 0 Å². The highest BCUT2D eigenvalue weighted by atomic mass is 19.1. The predicted molar refractivity (Wildman–Crippen MR) is 111 cm³/mol. The lowest BCUT2D eigenvalue weighted by molar-refractivity contribution is 0.143. The Kier molecular flexibility index (Phi) is 6.40. The van der Waals surface area contributed by atoms with Gasteiger partial charge in [0.2, 0.25) is 0 Å². The minimum absolute atomic E-state index is 0.155. The van der Waals surface area contributed by atoms with E-state index >= 15 is 0 Å². The van der Waals surface area contributed by atoms with E-state index in [9.17, 15) is 9.50 Å². The molecule has 28 heavy (non-hydrogen) atoms. The molecule has 2 aromatic carbocycles. The van der Waals surface area contributed by atoms with Gasteiger partial charge in [-0.2, -0.15) is 0 Å². The molecule has 2 heterocycles. The summed E-state index contributed by atoms with van der Waals surface area (Å²) in [7, 11) is 0. The summed E-state index contributed by atoms with van der Waals surface area (Å²) in [6, 6.07) is 17.6. The molecule has 2 fully saturated rings. The van der Waals surface area contributed by atoms with Crippen LogP contribution in [0.5, 0.6) is 0 Å². The molecule has 2 saturated heterocycles. The van der Waals surface area contributed by atoms with Gasteiger partial charge in [0, 0.05) is 32.8 Å². The van der Waals surface area contributed by atoms with Crippen LogP contribution in [0.25, 0.3) is 0 Å². The SMILES string of the molecule is OC[C@@H]1CN(Cc2ccccc2)CC1CN1CCC(c2ccc(F)cc2)CC1. The summed E-state index contributed by atoms with van der Waals surface area (Å²) in [5.74, 6) is 1.30. The lowest BCUT2D eigenvalue weighted by Gasteiger charge is -2.34. The van der Waals surface area contributed by atoms with Crippen LogP contribution in [-0.2, 0) is 6.54 Å². The lowest BCUT2D eigenvalue weighted by Crippen LogP contribution is -2.39. The van der Waals surface area contributed by atoms with Crippen molar-refractivity contribution >= 4 is 0 Å². The van der Waals surface area contributed by atoms with Crippen molar-refractivity contribution in [2.24, 2.45) is 11.8 Å². The Morgan fingerprint density at radius 3 is 2.21 bits per heavy atom. The molecule has 0 aliphatic carbocycles. The normalized spacial score (nSPS) is 24.6. The number of halogens is 1. The Morgan fingerprint density at radius 2 is 1.54 bits per heavy atom. The van der Waals surface area contributed by atoms with Gasteiger partial charge in [-0.05, 0) is 66.9 Å². The first-order valence-electron chi connectivity index (χ1n) is 10.6. The number of hydrogen-bond donors (Lipinski definition) is 1. The van der Waals surface area contributed by atoms with Gasteiger partial charge in [-0.15, -0.1) is 0 Å². The van der Waals surface area contributed by atoms with E-state index in [0.29, 0.717) is 17.8 Å². The topological polar surface area (TPSA) is 26.7 Å². The van der Waals surface area contributed by atoms with Gasteiger partial charge < -0.3 is 10.0 Å². The number of piperidine rings is 1. The highest BCUT2D eigenvalue weighted by Gasteiger charge is 2.34. The van der Waals surface area contributed by atoms with Crippen LogP contribution in [0.15, 0.2) is 54.6 Å². The summed E-state index contributed by atoms with van der Waals surface area (Å²) in [4.78, 5) is 5.06. The van der Waals surface area contributed by atoms with Crippen LogP contribution in [-0.4, -0.2) is 54.2 Å². The van der Waals surface area contributed by atoms with Crippen LogP contribution in [0.4, 0.5) is 4.39 Å². The molecule has 2 aromatic rings. The molecule has 1 N–H and O–H groups in total. The van der Waals surface area contributed by atoms with Crippen molar-refractivity contribution in [1.29, 1.82) is 0 Å². The van der Waals surface area contributed by atoms with E-state index in [2.05, 4.69) is 40.1 Å². The van der Waals surface area contributed by atoms with E-state index < -0.39 is 0 Å². The van der Waals surface area contributed by atoms with Crippen molar-refractivity contribution in [3.8, 4) is 0 Å². The quantitative estimate of drug-likeness (QED) is 0.824. The highest BCUT2D eigenvalue weighted by molar-refractivity contribution is 5.21. The van der Waals surface area contributed by atoms with Gasteiger partial charge >= 0.3 is 0 Å². The summed E-state index contributed by atoms with van der Waals surface area (Å²) in [5, 5.41) is 9.89. The smallest absolute Gasteiger partial charge is 0.123 e. The Morgan fingerprint density at radius 1 is 0.857 bits per heavy atom. The first-order chi connectivity index (χ1) is 13.7. The molecule has 1 unspecified atom stereocenters. The lowest BCUT2D eigenvalue weighted by atomic mass is 9.88. The third-order valence-electron chi connectivity index (χ3n) is 6.56. The summed E-state index contributed by atoms with van der Waals surface area (Å²) < 4.78 is 13.2. The van der Waals surface area contributed by atoms with Gasteiger partial charge in [-0.1, -0.05) is 42.5 Å². The van der Waals surface area contributed by atoms with Crippen LogP contribution < -0.4 is 0 Å². The molecular weight excluding hydrogens is 351 g/mol. The number of aliphatic hydroxyl groups excluding tert-OH is 1. The number of benzene rings is 2. The number of hydrogen-bond acceptors (Lipinski definition) is 3. The molecule has 4 rings (SSSR count). The summed E-state index contributed by atoms with van der Waals surface area (Å²) >= 11 is 0. The molecule has 4 heteroatoms. The third kappa shape index (κ3) is 4.80. The van der Waals surface area contributed by atoms with E-state index in [1.54, 1.807) is 12.1 Å². The second-order valence-corrected chi connectivity index (χ2v) is 8.51. The van der Waals surface area contributed by atoms with Crippen molar-refractivity contribution < 1.29 is 9.50 Å². The molecule has 2 aliphatic heterocycles. The van der Waals surface area contributed by atoms with E-state index in [-0.39, 0.29) is 12.4 Å². The maximum absolute atomic E-state index is 13.2. The summed E-state index contributed by atoms with van der Waals surface area (Å²) in [6.07, 6.45) is 2.27. The molecule has 0 bridgehead atoms. The molecule has 150 valence electrons. The zero-order valence-electron chi connectivity index (χ0n) is 16.5. The van der Waals surface area contributed by atoms with Crippen LogP contribution in [0.1, 0.15) is 29.9 Å². The Hall–Kier alpha value is -1.75. The zero-order valence-corrected chi connectivity index (χ0v) is 16.5. The van der Waals surface area contributed by atoms with E-state index in [4.69, 9.17) is 0 Å². The molecule has 0 aromatic heterocycles. The van der Waals surface area contributed by atoms with Gasteiger partial charge in [0.25, 0.3) is 0 Å². The second kappa shape index (κ2) is 9.17. The molecule has 2 atom stereocenters. The van der Waals surface area contributed by atoms with E-state index in [1.807, 2.05) is 12.1 Å². The Labute approximate surface area is 167 Å². The molecule has 3 nitrogen and oxygen atoms in total. The molecule has 0 saturated carbocycles. The third-order valence-corrected chi connectivity index (χ3v) is 6.56. The Balaban J connectivity index is 1.28. The molecular formula is C24H31FN2O. The molecule has 0 radical (unpaired) electrons. The number of aliphatic hydroxyl groups is 1. The number of nitrogens with zero attached hydrogens (tertiary/aromatic N) is 2. The van der Waals surface area contributed by atoms with Crippen LogP contribution >= 0.6 is 0 Å². The molecule has 0 amide bonds. The number of rotatable bonds is 6. The van der Waals surface area contributed by atoms with Crippen LogP contribution in [0.2, 0.25) is 0 Å². The van der Waals surface area contributed by atoms with E-state index in [1.165, 1.54) is 11.1 Å². The molecule has 2 aliphatic rings. The van der Waals surface area contributed by atoms with Crippen LogP contribution in [0, 0.1) is 17.7 Å². The maximum Gasteiger partial charge on any atom is 0.123 e. The fourth-order valence-electron chi connectivity index (χ4n) is 4.94. The standard InChI is InChI=1S/C24H31FN2O/c25-24-8-6-20(7-9-24)21-10-12-26(13-11-21)15-22-16-27(17-23(22)18-28)14-19-4-2-1-3-5-19/h1-9,21-23,28H,10-18H2/t22?,23-/m0/s1. The Bertz CT molecular complexity index is 728. The first-order valence-corrected chi connectivity index (χ1v) is 10.6. The van der Waals surface area contributed by atoms with Gasteiger partial charge in [-0.3, -0.25) is 4.90 Å². The molecule has 0 spiro atoms. The number of likely N-dealkylation sites (tertiary alicyclic amines) is 2. The van der Waals surface area contributed by atoms with Crippen molar-refractivity contribution in [3.05, 3.63) is 71.5 Å². The summed E-state index contributed by atoms with van der Waals surface area (Å²) in [5.41, 5.74) is 2.61. The fourth-order valence-corrected chi connectivity index (χ4v) is 4.94. The minimum atomic E-state index is -0.155. The summed E-state index contributed by atoms with van der Waals surface area (Å²) in [6.45, 7) is 6.57. The average molecular weight is 383 g/mol. The maximum atomic E-state index is 13.2. The van der Waals surface area contributed by atoms with Gasteiger partial charge in [0.05, 0.1) is 0 Å². The van der Waals surface area contributed by atoms with E-state index in [0.717, 1.165) is 52.1 Å². The fraction of sp³-hybridized carbons (Fsp3) is 0.500. The van der Waals surface area contributed by atoms with Crippen molar-refractivity contribution in [3.63, 3.8) is 0 Å². The van der Waals surface area contributed by atoms with Crippen molar-refractivity contribution in [1.82, 2.24) is 9.80 Å². The second-order valence-electron chi connectivity index (χ2n) is 8.51. The van der Waals surface area contributed by atoms with Crippen molar-refractivity contribution in [2.45, 2.75) is 25.3 Å². The first kappa shape index (κ1) is 19.6. The minimum Gasteiger partial charge on any atom is -0.396 e. The van der Waals surface area contributed by atoms with Crippen molar-refractivity contribution in [2.75, 3.05) is 39.3 Å². The van der Waals surface area contributed by atoms with Gasteiger partial charge in [0.15, 0.2) is 0 Å². The van der Waals surface area contributed by atoms with Gasteiger partial charge in [0.1, 0.15) is 5.82 Å². The highest BCUT2D eigenvalue weighted by Crippen LogP contribution is 2.31. The largest absolute Gasteiger partial charge is 0.396 e. The average Bonchev–Trinajstić information content (AvgIpc) is 3.11.